The summed E-state index contributed by atoms with van der Waals surface area (Å²) in [7, 11) is 1.51. The van der Waals surface area contributed by atoms with Gasteiger partial charge in [0, 0.05) is 38.8 Å². The number of likely N-dealkylation sites (tertiary alicyclic amines) is 1. The number of methoxy groups -OCH3 is 1. The van der Waals surface area contributed by atoms with Gasteiger partial charge in [-0.3, -0.25) is 19.2 Å². The number of nitrogens with zero attached hydrogens (tertiary/aromatic N) is 2. The summed E-state index contributed by atoms with van der Waals surface area (Å²) in [4.78, 5) is 59.7. The summed E-state index contributed by atoms with van der Waals surface area (Å²) in [6.45, 7) is 14.2. The molecule has 2 N–H and O–H groups in total. The lowest BCUT2D eigenvalue weighted by Crippen LogP contribution is -2.59. The highest BCUT2D eigenvalue weighted by Gasteiger charge is 2.75. The van der Waals surface area contributed by atoms with Crippen molar-refractivity contribution in [3.8, 4) is 0 Å². The third-order valence-corrected chi connectivity index (χ3v) is 10.0. The van der Waals surface area contributed by atoms with Gasteiger partial charge in [0.15, 0.2) is 0 Å². The molecule has 0 aromatic heterocycles. The number of fused-ring (bicyclic) bond motifs is 1. The Kier molecular flexibility index (Phi) is 13.2. The van der Waals surface area contributed by atoms with Crippen LogP contribution < -0.4 is 5.32 Å². The number of aliphatic hydroxyl groups is 1. The number of hydrogen-bond acceptors (Lipinski definition) is 8. The number of nitrogens with one attached hydrogen (secondary N) is 1. The van der Waals surface area contributed by atoms with Gasteiger partial charge in [0.2, 0.25) is 17.7 Å². The molecule has 11 nitrogen and oxygen atoms in total. The molecule has 1 aromatic carbocycles. The molecule has 0 aliphatic carbocycles. The van der Waals surface area contributed by atoms with E-state index in [1.54, 1.807) is 22.0 Å². The molecule has 7 atom stereocenters. The maximum Gasteiger partial charge on any atom is 0.313 e. The zero-order valence-corrected chi connectivity index (χ0v) is 29.6. The monoisotopic (exact) mass is 681 g/mol. The second-order valence-electron chi connectivity index (χ2n) is 14.4. The summed E-state index contributed by atoms with van der Waals surface area (Å²) >= 11 is 0. The smallest absolute Gasteiger partial charge is 0.313 e. The first-order valence-electron chi connectivity index (χ1n) is 17.6. The van der Waals surface area contributed by atoms with E-state index >= 15 is 0 Å². The Morgan fingerprint density at radius 2 is 1.86 bits per heavy atom. The Balaban J connectivity index is 1.68. The fraction of sp³-hybridized carbons (Fsp3) is 0.632. The standard InChI is InChI=1S/C38H55N3O8/c1-7-9-19-29(43)39-27(25-47-6)32(26-17-13-12-14-18-26)48-36(46)30-28-20-21-38(49-28)31(30)34(44)40(23-15-10-11-16-24-42)33(38)35(45)41(22-8-2)37(3,4)5/h7-8,12-14,17-18,27-28,30-33,42H,1-2,9-11,15-16,19-25H2,3-6H3,(H,39,43)/t27-,28+,30-,31-,32-,33+,38-/m1/s1. The number of unbranched alkanes of at least 4 members (excludes halogenated alkanes) is 3. The first-order chi connectivity index (χ1) is 23.4. The Labute approximate surface area is 291 Å². The molecule has 1 aromatic rings. The summed E-state index contributed by atoms with van der Waals surface area (Å²) in [6, 6.07) is 7.55. The van der Waals surface area contributed by atoms with E-state index in [9.17, 15) is 24.3 Å². The van der Waals surface area contributed by atoms with Gasteiger partial charge in [0.1, 0.15) is 17.7 Å². The predicted molar refractivity (Wildman–Crippen MR) is 185 cm³/mol. The van der Waals surface area contributed by atoms with Gasteiger partial charge >= 0.3 is 5.97 Å². The fourth-order valence-corrected chi connectivity index (χ4v) is 7.78. The number of esters is 1. The van der Waals surface area contributed by atoms with Crippen molar-refractivity contribution in [1.29, 1.82) is 0 Å². The lowest BCUT2D eigenvalue weighted by atomic mass is 9.70. The van der Waals surface area contributed by atoms with Crippen molar-refractivity contribution in [2.75, 3.05) is 33.4 Å². The summed E-state index contributed by atoms with van der Waals surface area (Å²) in [5.41, 5.74) is -1.06. The van der Waals surface area contributed by atoms with Gasteiger partial charge in [-0.15, -0.1) is 13.2 Å². The average molecular weight is 682 g/mol. The summed E-state index contributed by atoms with van der Waals surface area (Å²) < 4.78 is 18.4. The Morgan fingerprint density at radius 1 is 1.14 bits per heavy atom. The molecule has 3 aliphatic heterocycles. The first-order valence-corrected chi connectivity index (χ1v) is 17.6. The molecule has 3 saturated heterocycles. The third-order valence-electron chi connectivity index (χ3n) is 10.0. The van der Waals surface area contributed by atoms with Crippen LogP contribution in [-0.4, -0.2) is 101 Å². The maximum atomic E-state index is 14.6. The number of aliphatic hydroxyl groups excluding tert-OH is 1. The molecule has 0 unspecified atom stereocenters. The summed E-state index contributed by atoms with van der Waals surface area (Å²) in [5.74, 6) is -3.15. The lowest BCUT2D eigenvalue weighted by molar-refractivity contribution is -0.163. The zero-order chi connectivity index (χ0) is 35.8. The number of hydrogen-bond donors (Lipinski definition) is 2. The van der Waals surface area contributed by atoms with Gasteiger partial charge in [-0.2, -0.15) is 0 Å². The molecule has 3 heterocycles. The van der Waals surface area contributed by atoms with Crippen molar-refractivity contribution >= 4 is 23.7 Å². The molecule has 4 rings (SSSR count). The highest BCUT2D eigenvalue weighted by atomic mass is 16.6. The van der Waals surface area contributed by atoms with Gasteiger partial charge in [-0.25, -0.2) is 0 Å². The number of benzene rings is 1. The second kappa shape index (κ2) is 16.9. The van der Waals surface area contributed by atoms with Crippen LogP contribution in [0.15, 0.2) is 55.6 Å². The number of carbonyl (C=O) groups excluding carboxylic acids is 4. The molecule has 1 spiro atoms. The molecule has 2 bridgehead atoms. The van der Waals surface area contributed by atoms with E-state index in [0.29, 0.717) is 50.8 Å². The molecule has 11 heteroatoms. The fourth-order valence-electron chi connectivity index (χ4n) is 7.78. The summed E-state index contributed by atoms with van der Waals surface area (Å²) in [6.07, 6.45) is 6.43. The van der Waals surface area contributed by atoms with Crippen molar-refractivity contribution < 1.29 is 38.5 Å². The van der Waals surface area contributed by atoms with Gasteiger partial charge in [-0.1, -0.05) is 55.3 Å². The average Bonchev–Trinajstić information content (AvgIpc) is 3.71. The normalized spacial score (nSPS) is 25.4. The number of amides is 3. The van der Waals surface area contributed by atoms with Crippen LogP contribution >= 0.6 is 0 Å². The largest absolute Gasteiger partial charge is 0.455 e. The van der Waals surface area contributed by atoms with Crippen molar-refractivity contribution in [3.63, 3.8) is 0 Å². The van der Waals surface area contributed by atoms with Crippen LogP contribution in [0.1, 0.15) is 83.8 Å². The van der Waals surface area contributed by atoms with Crippen LogP contribution in [-0.2, 0) is 33.4 Å². The van der Waals surface area contributed by atoms with Crippen LogP contribution in [0.4, 0.5) is 0 Å². The molecule has 3 aliphatic rings. The van der Waals surface area contributed by atoms with Crippen LogP contribution in [0.2, 0.25) is 0 Å². The second-order valence-corrected chi connectivity index (χ2v) is 14.4. The molecule has 49 heavy (non-hydrogen) atoms. The van der Waals surface area contributed by atoms with E-state index in [1.807, 2.05) is 51.1 Å². The van der Waals surface area contributed by atoms with Crippen LogP contribution in [0, 0.1) is 11.8 Å². The number of ether oxygens (including phenoxy) is 3. The van der Waals surface area contributed by atoms with Crippen molar-refractivity contribution in [2.45, 2.75) is 108 Å². The summed E-state index contributed by atoms with van der Waals surface area (Å²) in [5, 5.41) is 12.2. The van der Waals surface area contributed by atoms with Crippen molar-refractivity contribution in [2.24, 2.45) is 11.8 Å². The minimum absolute atomic E-state index is 0.0795. The van der Waals surface area contributed by atoms with Gasteiger partial charge < -0.3 is 34.4 Å². The van der Waals surface area contributed by atoms with Crippen LogP contribution in [0.3, 0.4) is 0 Å². The topological polar surface area (TPSA) is 135 Å². The van der Waals surface area contributed by atoms with Crippen molar-refractivity contribution in [3.05, 3.63) is 61.2 Å². The Bertz CT molecular complexity index is 1330. The van der Waals surface area contributed by atoms with E-state index in [-0.39, 0.29) is 37.4 Å². The Hall–Kier alpha value is -3.54. The van der Waals surface area contributed by atoms with Gasteiger partial charge in [-0.05, 0) is 58.4 Å². The van der Waals surface area contributed by atoms with Crippen LogP contribution in [0.25, 0.3) is 0 Å². The molecule has 0 radical (unpaired) electrons. The zero-order valence-electron chi connectivity index (χ0n) is 29.6. The highest BCUT2D eigenvalue weighted by Crippen LogP contribution is 2.59. The van der Waals surface area contributed by atoms with E-state index in [4.69, 9.17) is 14.2 Å². The number of rotatable bonds is 19. The third kappa shape index (κ3) is 8.27. The predicted octanol–water partition coefficient (Wildman–Crippen LogP) is 4.11. The van der Waals surface area contributed by atoms with Crippen molar-refractivity contribution in [1.82, 2.24) is 15.1 Å². The molecule has 270 valence electrons. The van der Waals surface area contributed by atoms with Gasteiger partial charge in [0.05, 0.1) is 30.6 Å². The SMILES string of the molecule is C=CCCC(=O)N[C@H](COC)[C@H](OC(=O)[C@@H]1[C@@H]2CC[C@]3(O2)[C@H](C(=O)N(CC=C)C(C)(C)C)N(CCCCCCO)C(=O)[C@@H]13)c1ccccc1. The first kappa shape index (κ1) is 38.3. The van der Waals surface area contributed by atoms with E-state index in [1.165, 1.54) is 7.11 Å². The van der Waals surface area contributed by atoms with E-state index in [2.05, 4.69) is 18.5 Å². The minimum Gasteiger partial charge on any atom is -0.455 e. The van der Waals surface area contributed by atoms with E-state index in [0.717, 1.165) is 12.8 Å². The molecule has 3 amide bonds. The lowest BCUT2D eigenvalue weighted by Gasteiger charge is -2.42. The Morgan fingerprint density at radius 3 is 2.49 bits per heavy atom. The number of allylic oxidation sites excluding steroid dienone is 1. The molecule has 3 fully saturated rings. The number of carbonyl (C=O) groups is 4. The quantitative estimate of drug-likeness (QED) is 0.127. The molecular weight excluding hydrogens is 626 g/mol. The van der Waals surface area contributed by atoms with E-state index < -0.39 is 53.2 Å². The highest BCUT2D eigenvalue weighted by molar-refractivity contribution is 5.98. The maximum absolute atomic E-state index is 14.6. The molecule has 0 saturated carbocycles. The molecular formula is C38H55N3O8. The van der Waals surface area contributed by atoms with Crippen LogP contribution in [0.5, 0.6) is 0 Å². The minimum atomic E-state index is -1.18. The van der Waals surface area contributed by atoms with Gasteiger partial charge in [0.25, 0.3) is 0 Å².